The first-order chi connectivity index (χ1) is 9.50. The lowest BCUT2D eigenvalue weighted by Gasteiger charge is -2.33. The molecule has 0 radical (unpaired) electrons. The van der Waals surface area contributed by atoms with Gasteiger partial charge in [0, 0.05) is 30.2 Å². The Morgan fingerprint density at radius 2 is 2.20 bits per heavy atom. The maximum absolute atomic E-state index is 11.9. The van der Waals surface area contributed by atoms with Gasteiger partial charge < -0.3 is 10.0 Å². The van der Waals surface area contributed by atoms with E-state index in [1.54, 1.807) is 11.8 Å². The summed E-state index contributed by atoms with van der Waals surface area (Å²) in [4.78, 5) is 7.44. The van der Waals surface area contributed by atoms with Gasteiger partial charge in [-0.1, -0.05) is 11.3 Å². The zero-order valence-electron chi connectivity index (χ0n) is 11.3. The number of aliphatic hydroxyl groups is 1. The van der Waals surface area contributed by atoms with Gasteiger partial charge in [-0.05, 0) is 12.8 Å². The van der Waals surface area contributed by atoms with Crippen molar-refractivity contribution in [2.75, 3.05) is 29.2 Å². The fraction of sp³-hybridized carbons (Fsp3) is 0.750. The molecule has 1 saturated heterocycles. The van der Waals surface area contributed by atoms with E-state index in [0.29, 0.717) is 18.2 Å². The average molecular weight is 334 g/mol. The molecule has 8 heteroatoms. The lowest BCUT2D eigenvalue weighted by atomic mass is 10.2. The molecule has 1 aliphatic heterocycles. The fourth-order valence-electron chi connectivity index (χ4n) is 2.42. The molecule has 0 bridgehead atoms. The highest BCUT2D eigenvalue weighted by Gasteiger charge is 2.35. The number of thioether (sulfide) groups is 1. The third-order valence-corrected chi connectivity index (χ3v) is 7.38. The number of aliphatic hydroxyl groups excluding tert-OH is 1. The number of anilines is 1. The fourth-order valence-corrected chi connectivity index (χ4v) is 6.38. The Kier molecular flexibility index (Phi) is 4.00. The van der Waals surface area contributed by atoms with Gasteiger partial charge in [-0.25, -0.2) is 13.4 Å². The van der Waals surface area contributed by atoms with E-state index in [2.05, 4.69) is 4.98 Å². The highest BCUT2D eigenvalue weighted by Crippen LogP contribution is 2.44. The van der Waals surface area contributed by atoms with Crippen molar-refractivity contribution in [2.24, 2.45) is 0 Å². The quantitative estimate of drug-likeness (QED) is 0.898. The Labute approximate surface area is 127 Å². The molecule has 3 rings (SSSR count). The Balaban J connectivity index is 1.93. The maximum Gasteiger partial charge on any atom is 0.187 e. The first-order valence-electron chi connectivity index (χ1n) is 6.64. The van der Waals surface area contributed by atoms with Crippen molar-refractivity contribution in [1.82, 2.24) is 4.98 Å². The smallest absolute Gasteiger partial charge is 0.187 e. The highest BCUT2D eigenvalue weighted by molar-refractivity contribution is 8.01. The zero-order chi connectivity index (χ0) is 14.3. The van der Waals surface area contributed by atoms with Crippen molar-refractivity contribution in [3.8, 4) is 0 Å². The summed E-state index contributed by atoms with van der Waals surface area (Å²) < 4.78 is 23.9. The monoisotopic (exact) mass is 334 g/mol. The van der Waals surface area contributed by atoms with Crippen LogP contribution in [-0.4, -0.2) is 48.2 Å². The molecule has 0 spiro atoms. The summed E-state index contributed by atoms with van der Waals surface area (Å²) in [5.74, 6) is 1.97. The van der Waals surface area contributed by atoms with Crippen LogP contribution in [0, 0.1) is 0 Å². The lowest BCUT2D eigenvalue weighted by Crippen LogP contribution is -2.47. The number of hydrogen-bond donors (Lipinski definition) is 1. The molecule has 1 atom stereocenters. The third kappa shape index (κ3) is 2.84. The molecule has 1 aliphatic carbocycles. The van der Waals surface area contributed by atoms with Gasteiger partial charge in [0.2, 0.25) is 0 Å². The number of aromatic nitrogens is 1. The van der Waals surface area contributed by atoms with Gasteiger partial charge in [0.05, 0.1) is 17.2 Å². The summed E-state index contributed by atoms with van der Waals surface area (Å²) >= 11 is 3.12. The number of thiazole rings is 1. The van der Waals surface area contributed by atoms with Crippen LogP contribution in [0.1, 0.15) is 29.3 Å². The van der Waals surface area contributed by atoms with Crippen LogP contribution < -0.4 is 4.90 Å². The average Bonchev–Trinajstić information content (AvgIpc) is 3.17. The largest absolute Gasteiger partial charge is 0.391 e. The number of rotatable bonds is 4. The molecule has 2 fully saturated rings. The van der Waals surface area contributed by atoms with Gasteiger partial charge in [0.25, 0.3) is 0 Å². The van der Waals surface area contributed by atoms with E-state index in [4.69, 9.17) is 0 Å². The van der Waals surface area contributed by atoms with Gasteiger partial charge >= 0.3 is 0 Å². The second kappa shape index (κ2) is 5.47. The van der Waals surface area contributed by atoms with Crippen molar-refractivity contribution in [1.29, 1.82) is 0 Å². The molecular weight excluding hydrogens is 316 g/mol. The van der Waals surface area contributed by atoms with Crippen LogP contribution >= 0.6 is 23.1 Å². The van der Waals surface area contributed by atoms with Crippen molar-refractivity contribution in [3.05, 3.63) is 10.6 Å². The molecule has 2 aliphatic rings. The number of sulfone groups is 1. The van der Waals surface area contributed by atoms with Crippen LogP contribution in [0.5, 0.6) is 0 Å². The van der Waals surface area contributed by atoms with Crippen molar-refractivity contribution in [3.63, 3.8) is 0 Å². The summed E-state index contributed by atoms with van der Waals surface area (Å²) in [5, 5.41) is 9.72. The summed E-state index contributed by atoms with van der Waals surface area (Å²) in [6, 6.07) is 0. The van der Waals surface area contributed by atoms with Crippen LogP contribution in [0.25, 0.3) is 0 Å². The van der Waals surface area contributed by atoms with E-state index in [1.807, 2.05) is 4.90 Å². The Morgan fingerprint density at radius 3 is 2.80 bits per heavy atom. The van der Waals surface area contributed by atoms with E-state index in [0.717, 1.165) is 34.3 Å². The van der Waals surface area contributed by atoms with Gasteiger partial charge in [0.15, 0.2) is 15.0 Å². The van der Waals surface area contributed by atoms with E-state index in [-0.39, 0.29) is 6.61 Å². The first kappa shape index (κ1) is 14.6. The van der Waals surface area contributed by atoms with Gasteiger partial charge in [-0.15, -0.1) is 0 Å². The topological polar surface area (TPSA) is 70.5 Å². The maximum atomic E-state index is 11.9. The molecule has 1 saturated carbocycles. The number of hydrogen-bond acceptors (Lipinski definition) is 7. The molecule has 1 unspecified atom stereocenters. The predicted octanol–water partition coefficient (Wildman–Crippen LogP) is 1.44. The highest BCUT2D eigenvalue weighted by atomic mass is 32.2. The second-order valence-electron chi connectivity index (χ2n) is 5.29. The summed E-state index contributed by atoms with van der Waals surface area (Å²) in [6.45, 7) is 0.695. The number of nitrogens with zero attached hydrogens (tertiary/aromatic N) is 2. The van der Waals surface area contributed by atoms with Crippen molar-refractivity contribution >= 4 is 38.1 Å². The van der Waals surface area contributed by atoms with E-state index >= 15 is 0 Å². The lowest BCUT2D eigenvalue weighted by molar-refractivity contribution is 0.284. The Morgan fingerprint density at radius 1 is 1.45 bits per heavy atom. The molecule has 0 aromatic carbocycles. The summed E-state index contributed by atoms with van der Waals surface area (Å²) in [7, 11) is -3.13. The predicted molar refractivity (Wildman–Crippen MR) is 83.3 cm³/mol. The van der Waals surface area contributed by atoms with Crippen LogP contribution in [0.3, 0.4) is 0 Å². The normalized spacial score (nSPS) is 24.1. The standard InChI is InChI=1S/C12H18N2O3S3/c1-20(16,17)10-7-18-5-4-14(10)12-13-11(8-2-3-8)9(6-15)19-12/h8,10,15H,2-7H2,1H3. The van der Waals surface area contributed by atoms with Gasteiger partial charge in [0.1, 0.15) is 5.37 Å². The van der Waals surface area contributed by atoms with E-state index < -0.39 is 15.2 Å². The molecular formula is C12H18N2O3S3. The first-order valence-corrected chi connectivity index (χ1v) is 10.6. The SMILES string of the molecule is CS(=O)(=O)C1CSCCN1c1nc(C2CC2)c(CO)s1. The van der Waals surface area contributed by atoms with Crippen LogP contribution in [0.4, 0.5) is 5.13 Å². The van der Waals surface area contributed by atoms with Gasteiger partial charge in [-0.3, -0.25) is 0 Å². The van der Waals surface area contributed by atoms with E-state index in [9.17, 15) is 13.5 Å². The molecule has 0 amide bonds. The minimum atomic E-state index is -3.13. The van der Waals surface area contributed by atoms with Crippen molar-refractivity contribution in [2.45, 2.75) is 30.7 Å². The Hall–Kier alpha value is -0.310. The minimum absolute atomic E-state index is 0.00433. The van der Waals surface area contributed by atoms with Crippen LogP contribution in [-0.2, 0) is 16.4 Å². The molecule has 5 nitrogen and oxygen atoms in total. The van der Waals surface area contributed by atoms with Crippen LogP contribution in [0.15, 0.2) is 0 Å². The zero-order valence-corrected chi connectivity index (χ0v) is 13.7. The van der Waals surface area contributed by atoms with Gasteiger partial charge in [-0.2, -0.15) is 11.8 Å². The molecule has 1 N–H and O–H groups in total. The molecule has 20 heavy (non-hydrogen) atoms. The summed E-state index contributed by atoms with van der Waals surface area (Å²) in [5.41, 5.74) is 0.984. The molecule has 112 valence electrons. The minimum Gasteiger partial charge on any atom is -0.391 e. The molecule has 1 aromatic heterocycles. The van der Waals surface area contributed by atoms with Crippen LogP contribution in [0.2, 0.25) is 0 Å². The molecule has 1 aromatic rings. The van der Waals surface area contributed by atoms with Crippen molar-refractivity contribution < 1.29 is 13.5 Å². The summed E-state index contributed by atoms with van der Waals surface area (Å²) in [6.07, 6.45) is 3.54. The Bertz CT molecular complexity index is 595. The van der Waals surface area contributed by atoms with E-state index in [1.165, 1.54) is 17.6 Å². The molecule has 2 heterocycles. The third-order valence-electron chi connectivity index (χ3n) is 3.65. The second-order valence-corrected chi connectivity index (χ2v) is 9.70.